The van der Waals surface area contributed by atoms with Crippen molar-refractivity contribution < 1.29 is 19.0 Å². The van der Waals surface area contributed by atoms with Gasteiger partial charge in [0.2, 0.25) is 0 Å². The van der Waals surface area contributed by atoms with Crippen molar-refractivity contribution in [3.63, 3.8) is 0 Å². The fourth-order valence-electron chi connectivity index (χ4n) is 3.23. The number of unbranched alkanes of at least 4 members (excludes halogenated alkanes) is 1. The van der Waals surface area contributed by atoms with Gasteiger partial charge in [-0.1, -0.05) is 25.8 Å². The summed E-state index contributed by atoms with van der Waals surface area (Å²) in [6, 6.07) is 0. The number of allylic oxidation sites excluding steroid dienone is 1. The summed E-state index contributed by atoms with van der Waals surface area (Å²) < 4.78 is 15.9. The average molecular weight is 357 g/mol. The van der Waals surface area contributed by atoms with Gasteiger partial charge in [0, 0.05) is 13.1 Å². The smallest absolute Gasteiger partial charge is 0.407 e. The summed E-state index contributed by atoms with van der Waals surface area (Å²) in [4.78, 5) is 11.7. The standard InChI is InChI=1S/C19H36N2O4/c1-3-5-7-16-17(8-6-4-2)18(16)15-25-19(22)21-10-12-24-14-13-23-11-9-20/h3,16-18H,1,4-15,20H2,2H3,(H,21,22)/t16-,17+,18?/m0/s1. The first-order valence-electron chi connectivity index (χ1n) is 9.61. The molecule has 25 heavy (non-hydrogen) atoms. The molecule has 0 heterocycles. The van der Waals surface area contributed by atoms with Gasteiger partial charge in [0.25, 0.3) is 0 Å². The minimum Gasteiger partial charge on any atom is -0.449 e. The largest absolute Gasteiger partial charge is 0.449 e. The van der Waals surface area contributed by atoms with Gasteiger partial charge in [0.15, 0.2) is 0 Å². The lowest BCUT2D eigenvalue weighted by Gasteiger charge is -2.08. The van der Waals surface area contributed by atoms with E-state index >= 15 is 0 Å². The lowest BCUT2D eigenvalue weighted by Crippen LogP contribution is -2.29. The van der Waals surface area contributed by atoms with Crippen LogP contribution in [0.25, 0.3) is 0 Å². The minimum atomic E-state index is -0.355. The number of nitrogens with one attached hydrogen (secondary N) is 1. The van der Waals surface area contributed by atoms with E-state index in [4.69, 9.17) is 19.9 Å². The number of ether oxygens (including phenoxy) is 3. The highest BCUT2D eigenvalue weighted by Gasteiger charge is 2.48. The second-order valence-electron chi connectivity index (χ2n) is 6.54. The molecule has 0 aliphatic heterocycles. The first-order valence-corrected chi connectivity index (χ1v) is 9.61. The van der Waals surface area contributed by atoms with Crippen LogP contribution < -0.4 is 11.1 Å². The van der Waals surface area contributed by atoms with E-state index in [9.17, 15) is 4.79 Å². The fraction of sp³-hybridized carbons (Fsp3) is 0.842. The molecule has 0 spiro atoms. The van der Waals surface area contributed by atoms with Crippen LogP contribution in [0.4, 0.5) is 4.79 Å². The Morgan fingerprint density at radius 2 is 1.84 bits per heavy atom. The molecular weight excluding hydrogens is 320 g/mol. The molecule has 1 aliphatic carbocycles. The van der Waals surface area contributed by atoms with Gasteiger partial charge in [0.1, 0.15) is 0 Å². The molecular formula is C19H36N2O4. The van der Waals surface area contributed by atoms with Crippen LogP contribution in [0.1, 0.15) is 39.0 Å². The Kier molecular flexibility index (Phi) is 12.4. The SMILES string of the molecule is C=CCC[C@@H]1C(COC(=O)NCCOCCOCCN)[C@@H]1CCCC. The Morgan fingerprint density at radius 1 is 1.12 bits per heavy atom. The summed E-state index contributed by atoms with van der Waals surface area (Å²) in [5.41, 5.74) is 5.31. The second kappa shape index (κ2) is 14.1. The molecule has 6 nitrogen and oxygen atoms in total. The van der Waals surface area contributed by atoms with E-state index in [0.717, 1.165) is 12.8 Å². The van der Waals surface area contributed by atoms with Crippen molar-refractivity contribution in [1.29, 1.82) is 0 Å². The number of hydrogen-bond donors (Lipinski definition) is 2. The van der Waals surface area contributed by atoms with Crippen molar-refractivity contribution in [2.45, 2.75) is 39.0 Å². The van der Waals surface area contributed by atoms with E-state index in [-0.39, 0.29) is 6.09 Å². The highest BCUT2D eigenvalue weighted by molar-refractivity contribution is 5.67. The number of amides is 1. The van der Waals surface area contributed by atoms with Gasteiger partial charge in [-0.3, -0.25) is 0 Å². The Morgan fingerprint density at radius 3 is 2.52 bits per heavy atom. The van der Waals surface area contributed by atoms with Gasteiger partial charge in [0.05, 0.1) is 33.0 Å². The van der Waals surface area contributed by atoms with E-state index in [1.165, 1.54) is 19.3 Å². The topological polar surface area (TPSA) is 82.8 Å². The molecule has 0 radical (unpaired) electrons. The quantitative estimate of drug-likeness (QED) is 0.328. The molecule has 0 saturated heterocycles. The first kappa shape index (κ1) is 21.9. The fourth-order valence-corrected chi connectivity index (χ4v) is 3.23. The molecule has 0 bridgehead atoms. The number of carbonyl (C=O) groups excluding carboxylic acids is 1. The van der Waals surface area contributed by atoms with Crippen LogP contribution in [-0.2, 0) is 14.2 Å². The molecule has 146 valence electrons. The summed E-state index contributed by atoms with van der Waals surface area (Å²) in [5, 5.41) is 2.72. The van der Waals surface area contributed by atoms with Gasteiger partial charge in [-0.25, -0.2) is 4.79 Å². The highest BCUT2D eigenvalue weighted by atomic mass is 16.6. The molecule has 1 rings (SSSR count). The number of rotatable bonds is 16. The molecule has 1 aliphatic rings. The molecule has 0 aromatic carbocycles. The van der Waals surface area contributed by atoms with Crippen LogP contribution in [0.2, 0.25) is 0 Å². The molecule has 6 heteroatoms. The number of alkyl carbamates (subject to hydrolysis) is 1. The molecule has 0 aromatic rings. The third-order valence-corrected chi connectivity index (χ3v) is 4.66. The maximum Gasteiger partial charge on any atom is 0.407 e. The van der Waals surface area contributed by atoms with Crippen LogP contribution >= 0.6 is 0 Å². The van der Waals surface area contributed by atoms with Crippen molar-refractivity contribution >= 4 is 6.09 Å². The highest BCUT2D eigenvalue weighted by Crippen LogP contribution is 2.52. The number of nitrogens with two attached hydrogens (primary N) is 1. The average Bonchev–Trinajstić information content (AvgIpc) is 3.29. The minimum absolute atomic E-state index is 0.355. The van der Waals surface area contributed by atoms with E-state index in [2.05, 4.69) is 18.8 Å². The van der Waals surface area contributed by atoms with Gasteiger partial charge in [-0.05, 0) is 37.0 Å². The van der Waals surface area contributed by atoms with E-state index < -0.39 is 0 Å². The third kappa shape index (κ3) is 9.82. The molecule has 1 fully saturated rings. The molecule has 3 atom stereocenters. The van der Waals surface area contributed by atoms with Crippen LogP contribution in [0.5, 0.6) is 0 Å². The van der Waals surface area contributed by atoms with Crippen molar-refractivity contribution in [3.05, 3.63) is 12.7 Å². The number of carbonyl (C=O) groups is 1. The lowest BCUT2D eigenvalue weighted by atomic mass is 10.1. The summed E-state index contributed by atoms with van der Waals surface area (Å²) >= 11 is 0. The van der Waals surface area contributed by atoms with Crippen molar-refractivity contribution in [3.8, 4) is 0 Å². The van der Waals surface area contributed by atoms with Crippen molar-refractivity contribution in [2.75, 3.05) is 46.1 Å². The predicted molar refractivity (Wildman–Crippen MR) is 99.5 cm³/mol. The number of hydrogen-bond acceptors (Lipinski definition) is 5. The summed E-state index contributed by atoms with van der Waals surface area (Å²) in [5.74, 6) is 1.92. The van der Waals surface area contributed by atoms with Crippen LogP contribution in [0.3, 0.4) is 0 Å². The van der Waals surface area contributed by atoms with Gasteiger partial charge in [-0.2, -0.15) is 0 Å². The molecule has 3 N–H and O–H groups in total. The molecule has 1 saturated carbocycles. The lowest BCUT2D eigenvalue weighted by molar-refractivity contribution is 0.0511. The summed E-state index contributed by atoms with van der Waals surface area (Å²) in [6.45, 7) is 9.51. The van der Waals surface area contributed by atoms with Gasteiger partial charge >= 0.3 is 6.09 Å². The van der Waals surface area contributed by atoms with Crippen LogP contribution in [-0.4, -0.2) is 52.2 Å². The maximum absolute atomic E-state index is 11.7. The van der Waals surface area contributed by atoms with Crippen molar-refractivity contribution in [2.24, 2.45) is 23.5 Å². The zero-order valence-electron chi connectivity index (χ0n) is 15.7. The van der Waals surface area contributed by atoms with Crippen LogP contribution in [0.15, 0.2) is 12.7 Å². The zero-order valence-corrected chi connectivity index (χ0v) is 15.7. The monoisotopic (exact) mass is 356 g/mol. The normalized spacial score (nSPS) is 21.8. The first-order chi connectivity index (χ1) is 12.2. The van der Waals surface area contributed by atoms with E-state index in [0.29, 0.717) is 63.9 Å². The van der Waals surface area contributed by atoms with Gasteiger partial charge in [-0.15, -0.1) is 6.58 Å². The summed E-state index contributed by atoms with van der Waals surface area (Å²) in [7, 11) is 0. The molecule has 1 amide bonds. The maximum atomic E-state index is 11.7. The Balaban J connectivity index is 2.05. The van der Waals surface area contributed by atoms with Crippen LogP contribution in [0, 0.1) is 17.8 Å². The Bertz CT molecular complexity index is 365. The van der Waals surface area contributed by atoms with E-state index in [1.807, 2.05) is 6.08 Å². The molecule has 1 unspecified atom stereocenters. The predicted octanol–water partition coefficient (Wildman–Crippen LogP) is 2.72. The van der Waals surface area contributed by atoms with Gasteiger partial charge < -0.3 is 25.3 Å². The van der Waals surface area contributed by atoms with Crippen molar-refractivity contribution in [1.82, 2.24) is 5.32 Å². The Labute approximate surface area is 152 Å². The second-order valence-corrected chi connectivity index (χ2v) is 6.54. The summed E-state index contributed by atoms with van der Waals surface area (Å²) in [6.07, 6.45) is 7.54. The zero-order chi connectivity index (χ0) is 18.3. The molecule has 0 aromatic heterocycles. The van der Waals surface area contributed by atoms with E-state index in [1.54, 1.807) is 0 Å². The Hall–Kier alpha value is -1.11. The third-order valence-electron chi connectivity index (χ3n) is 4.66.